The molecule has 0 spiro atoms. The maximum Gasteiger partial charge on any atom is 0.333 e. The Bertz CT molecular complexity index is 1550. The van der Waals surface area contributed by atoms with E-state index in [4.69, 9.17) is 0 Å². The highest BCUT2D eigenvalue weighted by molar-refractivity contribution is 7.91. The number of fused-ring (bicyclic) bond motifs is 3. The summed E-state index contributed by atoms with van der Waals surface area (Å²) in [5.41, 5.74) is 0.756. The van der Waals surface area contributed by atoms with Gasteiger partial charge in [0, 0.05) is 37.9 Å². The van der Waals surface area contributed by atoms with E-state index in [9.17, 15) is 18.0 Å². The Kier molecular flexibility index (Phi) is 7.66. The van der Waals surface area contributed by atoms with Crippen LogP contribution in [-0.2, 0) is 30.0 Å². The Hall–Kier alpha value is -3.36. The molecule has 11 heteroatoms. The molecule has 0 unspecified atom stereocenters. The molecule has 1 N–H and O–H groups in total. The Balaban J connectivity index is 1.54. The van der Waals surface area contributed by atoms with Crippen molar-refractivity contribution in [3.8, 4) is 11.8 Å². The van der Waals surface area contributed by atoms with Gasteiger partial charge in [0.05, 0.1) is 12.3 Å². The molecule has 0 radical (unpaired) electrons. The van der Waals surface area contributed by atoms with Gasteiger partial charge < -0.3 is 14.8 Å². The van der Waals surface area contributed by atoms with Gasteiger partial charge in [0.1, 0.15) is 0 Å². The summed E-state index contributed by atoms with van der Waals surface area (Å²) in [6.07, 6.45) is 2.26. The Morgan fingerprint density at radius 1 is 1.14 bits per heavy atom. The van der Waals surface area contributed by atoms with E-state index in [1.54, 1.807) is 0 Å². The molecule has 0 saturated heterocycles. The highest BCUT2D eigenvalue weighted by Crippen LogP contribution is 2.23. The molecule has 3 heterocycles. The molecule has 36 heavy (non-hydrogen) atoms. The van der Waals surface area contributed by atoms with Gasteiger partial charge in [-0.05, 0) is 44.1 Å². The molecule has 0 bridgehead atoms. The topological polar surface area (TPSA) is 111 Å². The highest BCUT2D eigenvalue weighted by Gasteiger charge is 2.33. The zero-order valence-corrected chi connectivity index (χ0v) is 21.8. The molecule has 0 aliphatic carbocycles. The van der Waals surface area contributed by atoms with Gasteiger partial charge in [-0.1, -0.05) is 31.8 Å². The lowest BCUT2D eigenvalue weighted by molar-refractivity contribution is 0.285. The smallest absolute Gasteiger partial charge is 0.333 e. The van der Waals surface area contributed by atoms with Crippen LogP contribution in [0.15, 0.2) is 39.0 Å². The zero-order chi connectivity index (χ0) is 25.9. The van der Waals surface area contributed by atoms with Crippen LogP contribution in [0.3, 0.4) is 0 Å². The van der Waals surface area contributed by atoms with Gasteiger partial charge in [0.15, 0.2) is 11.2 Å². The molecule has 0 amide bonds. The van der Waals surface area contributed by atoms with Crippen LogP contribution in [0.4, 0.5) is 5.69 Å². The number of sulfone groups is 1. The van der Waals surface area contributed by atoms with Crippen LogP contribution >= 0.6 is 0 Å². The van der Waals surface area contributed by atoms with Gasteiger partial charge in [-0.25, -0.2) is 13.2 Å². The third kappa shape index (κ3) is 5.10. The normalized spacial score (nSPS) is 14.1. The fraction of sp³-hybridized carbons (Fsp3) is 0.480. The maximum absolute atomic E-state index is 12.8. The summed E-state index contributed by atoms with van der Waals surface area (Å²) < 4.78 is 28.2. The summed E-state index contributed by atoms with van der Waals surface area (Å²) in [7, 11) is -2.20. The van der Waals surface area contributed by atoms with Crippen LogP contribution in [0.25, 0.3) is 11.2 Å². The van der Waals surface area contributed by atoms with Crippen molar-refractivity contribution in [3.05, 3.63) is 50.7 Å². The molecule has 2 aromatic heterocycles. The molecular weight excluding hydrogens is 480 g/mol. The molecule has 0 fully saturated rings. The van der Waals surface area contributed by atoms with Crippen LogP contribution < -0.4 is 16.6 Å². The molecule has 10 nitrogen and oxygen atoms in total. The van der Waals surface area contributed by atoms with Gasteiger partial charge in [0.25, 0.3) is 5.56 Å². The molecule has 1 aliphatic rings. The first-order chi connectivity index (χ1) is 17.3. The van der Waals surface area contributed by atoms with Crippen LogP contribution in [0.5, 0.6) is 0 Å². The van der Waals surface area contributed by atoms with Crippen molar-refractivity contribution in [1.82, 2.24) is 23.6 Å². The first-order valence-electron chi connectivity index (χ1n) is 12.2. The number of nitrogens with one attached hydrogen (secondary N) is 1. The fourth-order valence-electron chi connectivity index (χ4n) is 4.48. The highest BCUT2D eigenvalue weighted by atomic mass is 32.2. The maximum atomic E-state index is 12.8. The van der Waals surface area contributed by atoms with Crippen molar-refractivity contribution in [1.29, 1.82) is 0 Å². The van der Waals surface area contributed by atoms with Gasteiger partial charge >= 0.3 is 5.69 Å². The monoisotopic (exact) mass is 512 g/mol. The minimum absolute atomic E-state index is 0.0272. The Morgan fingerprint density at radius 3 is 2.61 bits per heavy atom. The van der Waals surface area contributed by atoms with E-state index < -0.39 is 21.1 Å². The van der Waals surface area contributed by atoms with Crippen LogP contribution in [0.2, 0.25) is 0 Å². The van der Waals surface area contributed by atoms with Crippen molar-refractivity contribution >= 4 is 26.7 Å². The predicted molar refractivity (Wildman–Crippen MR) is 140 cm³/mol. The molecule has 192 valence electrons. The summed E-state index contributed by atoms with van der Waals surface area (Å²) in [4.78, 5) is 32.1. The van der Waals surface area contributed by atoms with Crippen molar-refractivity contribution in [2.45, 2.75) is 44.9 Å². The number of imidazole rings is 1. The molecule has 0 saturated carbocycles. The summed E-state index contributed by atoms with van der Waals surface area (Å²) >= 11 is 0. The Labute approximate surface area is 210 Å². The summed E-state index contributed by atoms with van der Waals surface area (Å²) in [6.45, 7) is 8.46. The van der Waals surface area contributed by atoms with Crippen molar-refractivity contribution in [2.75, 3.05) is 37.2 Å². The van der Waals surface area contributed by atoms with E-state index in [0.29, 0.717) is 0 Å². The van der Waals surface area contributed by atoms with E-state index in [2.05, 4.69) is 40.9 Å². The average Bonchev–Trinajstić information content (AvgIpc) is 3.37. The number of hydrogen-bond acceptors (Lipinski definition) is 7. The minimum Gasteiger partial charge on any atom is -0.384 e. The molecule has 0 atom stereocenters. The van der Waals surface area contributed by atoms with Gasteiger partial charge in [-0.2, -0.15) is 4.98 Å². The number of hydrogen-bond donors (Lipinski definition) is 1. The summed E-state index contributed by atoms with van der Waals surface area (Å²) in [6, 6.07) is 7.75. The van der Waals surface area contributed by atoms with Crippen molar-refractivity contribution < 1.29 is 8.42 Å². The van der Waals surface area contributed by atoms with E-state index in [1.807, 2.05) is 24.3 Å². The predicted octanol–water partition coefficient (Wildman–Crippen LogP) is 1.27. The number of rotatable bonds is 9. The second-order valence-corrected chi connectivity index (χ2v) is 10.9. The number of anilines is 1. The van der Waals surface area contributed by atoms with Crippen molar-refractivity contribution in [3.63, 3.8) is 0 Å². The minimum atomic E-state index is -3.57. The summed E-state index contributed by atoms with van der Waals surface area (Å²) in [5.74, 6) is 5.94. The van der Waals surface area contributed by atoms with Crippen molar-refractivity contribution in [2.24, 2.45) is 7.05 Å². The Morgan fingerprint density at radius 2 is 1.89 bits per heavy atom. The number of benzene rings is 1. The second-order valence-electron chi connectivity index (χ2n) is 8.92. The third-order valence-electron chi connectivity index (χ3n) is 6.23. The molecule has 4 rings (SSSR count). The summed E-state index contributed by atoms with van der Waals surface area (Å²) in [5, 5.41) is 3.28. The lowest BCUT2D eigenvalue weighted by atomic mass is 10.2. The van der Waals surface area contributed by atoms with E-state index in [1.165, 1.54) is 16.2 Å². The number of aromatic nitrogens is 4. The largest absolute Gasteiger partial charge is 0.384 e. The molecule has 3 aromatic rings. The molecule has 1 aliphatic heterocycles. The zero-order valence-electron chi connectivity index (χ0n) is 21.0. The second kappa shape index (κ2) is 10.7. The quantitative estimate of drug-likeness (QED) is 0.430. The average molecular weight is 513 g/mol. The van der Waals surface area contributed by atoms with E-state index in [-0.39, 0.29) is 35.2 Å². The van der Waals surface area contributed by atoms with E-state index in [0.717, 1.165) is 54.8 Å². The standard InChI is InChI=1S/C25H32N6O4S/c1-4-12-29(13-5-2)15-11-26-20-10-6-8-19(18-20)9-7-14-31-22-21(23(32)28(3)25(31)33)30-16-17-36(34,35)24(30)27-22/h6,8,10,18,26H,4-5,11-17H2,1-3H3. The number of nitrogens with zero attached hydrogens (tertiary/aromatic N) is 5. The van der Waals surface area contributed by atoms with Crippen LogP contribution in [-0.4, -0.2) is 63.9 Å². The molecular formula is C25H32N6O4S. The SMILES string of the molecule is CCCN(CCC)CCNc1cccc(C#CCn2c(=O)n(C)c(=O)c3c2nc2n3CCS2(=O)=O)c1. The lowest BCUT2D eigenvalue weighted by Gasteiger charge is -2.21. The van der Waals surface area contributed by atoms with Gasteiger partial charge in [-0.3, -0.25) is 13.9 Å². The van der Waals surface area contributed by atoms with Gasteiger partial charge in [0.2, 0.25) is 15.0 Å². The van der Waals surface area contributed by atoms with Crippen LogP contribution in [0.1, 0.15) is 32.3 Å². The fourth-order valence-corrected chi connectivity index (χ4v) is 5.83. The van der Waals surface area contributed by atoms with Gasteiger partial charge in [-0.15, -0.1) is 0 Å². The number of aryl methyl sites for hydroxylation is 1. The first kappa shape index (κ1) is 25.7. The molecule has 1 aromatic carbocycles. The third-order valence-corrected chi connectivity index (χ3v) is 7.81. The van der Waals surface area contributed by atoms with E-state index >= 15 is 0 Å². The van der Waals surface area contributed by atoms with Crippen LogP contribution in [0, 0.1) is 11.8 Å². The lowest BCUT2D eigenvalue weighted by Crippen LogP contribution is -2.38. The first-order valence-corrected chi connectivity index (χ1v) is 13.9.